The number of benzene rings is 2. The molecule has 3 N–H and O–H groups in total. The molecule has 0 fully saturated rings. The predicted octanol–water partition coefficient (Wildman–Crippen LogP) is 0.573. The molecule has 0 aliphatic carbocycles. The van der Waals surface area contributed by atoms with E-state index in [1.807, 2.05) is 0 Å². The van der Waals surface area contributed by atoms with Crippen LogP contribution in [0.1, 0.15) is 0 Å². The zero-order valence-corrected chi connectivity index (χ0v) is 10.9. The van der Waals surface area contributed by atoms with Crippen LogP contribution in [0.5, 0.6) is 0 Å². The molecule has 9 heteroatoms. The number of hydrogen-bond donors (Lipinski definition) is 2. The molecule has 0 bridgehead atoms. The third kappa shape index (κ3) is 2.40. The quantitative estimate of drug-likeness (QED) is 0.611. The second-order valence-electron chi connectivity index (χ2n) is 3.76. The maximum atomic E-state index is 11.3. The summed E-state index contributed by atoms with van der Waals surface area (Å²) in [6.07, 6.45) is 0. The molecule has 0 heterocycles. The van der Waals surface area contributed by atoms with Crippen LogP contribution in [-0.4, -0.2) is 25.9 Å². The molecule has 7 nitrogen and oxygen atoms in total. The molecule has 0 radical (unpaired) electrons. The summed E-state index contributed by atoms with van der Waals surface area (Å²) < 4.78 is 65.0. The fourth-order valence-corrected chi connectivity index (χ4v) is 3.34. The van der Waals surface area contributed by atoms with Crippen molar-refractivity contribution in [3.63, 3.8) is 0 Å². The minimum Gasteiger partial charge on any atom is -0.744 e. The molecule has 0 atom stereocenters. The summed E-state index contributed by atoms with van der Waals surface area (Å²) in [6.45, 7) is 0. The molecule has 0 unspecified atom stereocenters. The maximum Gasteiger partial charge on any atom is 0.297 e. The van der Waals surface area contributed by atoms with Gasteiger partial charge in [-0.3, -0.25) is 4.55 Å². The first-order valence-corrected chi connectivity index (χ1v) is 7.72. The molecule has 102 valence electrons. The molecule has 0 aliphatic heterocycles. The summed E-state index contributed by atoms with van der Waals surface area (Å²) in [7, 11) is -9.42. The van der Waals surface area contributed by atoms with Gasteiger partial charge in [0.15, 0.2) is 0 Å². The molecule has 0 saturated heterocycles. The number of rotatable bonds is 2. The van der Waals surface area contributed by atoms with E-state index in [1.165, 1.54) is 18.2 Å². The van der Waals surface area contributed by atoms with Crippen molar-refractivity contribution in [3.05, 3.63) is 30.3 Å². The normalized spacial score (nSPS) is 12.7. The van der Waals surface area contributed by atoms with Gasteiger partial charge < -0.3 is 10.3 Å². The van der Waals surface area contributed by atoms with Crippen LogP contribution in [0, 0.1) is 0 Å². The molecule has 0 aliphatic rings. The topological polar surface area (TPSA) is 138 Å². The lowest BCUT2D eigenvalue weighted by Gasteiger charge is -2.13. The molecule has 0 aromatic heterocycles. The lowest BCUT2D eigenvalue weighted by atomic mass is 10.1. The molecule has 2 aromatic carbocycles. The molecular weight excluding hydrogens is 294 g/mol. The fourth-order valence-electron chi connectivity index (χ4n) is 1.82. The summed E-state index contributed by atoms with van der Waals surface area (Å²) in [4.78, 5) is -1.19. The molecule has 2 aromatic rings. The summed E-state index contributed by atoms with van der Waals surface area (Å²) in [5.74, 6) is 0. The van der Waals surface area contributed by atoms with Gasteiger partial charge in [-0.2, -0.15) is 8.42 Å². The van der Waals surface area contributed by atoms with Gasteiger partial charge in [-0.15, -0.1) is 0 Å². The number of nitrogen functional groups attached to an aromatic ring is 1. The predicted molar refractivity (Wildman–Crippen MR) is 66.1 cm³/mol. The molecule has 19 heavy (non-hydrogen) atoms. The summed E-state index contributed by atoms with van der Waals surface area (Å²) in [6, 6.07) is 5.82. The minimum atomic E-state index is -4.77. The Morgan fingerprint density at radius 3 is 2.16 bits per heavy atom. The van der Waals surface area contributed by atoms with Crippen molar-refractivity contribution < 1.29 is 25.9 Å². The summed E-state index contributed by atoms with van der Waals surface area (Å²) in [5, 5.41) is -0.237. The minimum absolute atomic E-state index is 0.112. The van der Waals surface area contributed by atoms with Gasteiger partial charge in [-0.1, -0.05) is 18.2 Å². The smallest absolute Gasteiger partial charge is 0.297 e. The highest BCUT2D eigenvalue weighted by Gasteiger charge is 2.20. The Morgan fingerprint density at radius 2 is 1.63 bits per heavy atom. The Bertz CT molecular complexity index is 870. The number of nitrogens with two attached hydrogens (primary N) is 1. The maximum absolute atomic E-state index is 11.3. The summed E-state index contributed by atoms with van der Waals surface area (Å²) >= 11 is 0. The van der Waals surface area contributed by atoms with E-state index in [1.54, 1.807) is 0 Å². The van der Waals surface area contributed by atoms with Crippen molar-refractivity contribution in [2.45, 2.75) is 9.79 Å². The van der Waals surface area contributed by atoms with E-state index in [9.17, 15) is 21.4 Å². The third-order valence-corrected chi connectivity index (χ3v) is 4.40. The SMILES string of the molecule is Nc1ccc2c(S(=O)(=O)[O-])cccc2c1S(=O)(=O)O. The van der Waals surface area contributed by atoms with Crippen LogP contribution in [0.3, 0.4) is 0 Å². The van der Waals surface area contributed by atoms with Crippen molar-refractivity contribution in [1.82, 2.24) is 0 Å². The highest BCUT2D eigenvalue weighted by atomic mass is 32.2. The standard InChI is InChI=1S/C10H9NO6S2/c11-8-5-4-6-7(10(8)19(15,16)17)2-1-3-9(6)18(12,13)14/h1-5H,11H2,(H,12,13,14)(H,15,16,17)/p-1. The number of anilines is 1. The highest BCUT2D eigenvalue weighted by molar-refractivity contribution is 7.86. The van der Waals surface area contributed by atoms with E-state index in [4.69, 9.17) is 10.3 Å². The first-order valence-electron chi connectivity index (χ1n) is 4.87. The monoisotopic (exact) mass is 302 g/mol. The lowest BCUT2D eigenvalue weighted by Crippen LogP contribution is -2.06. The zero-order valence-electron chi connectivity index (χ0n) is 9.27. The van der Waals surface area contributed by atoms with Gasteiger partial charge in [0, 0.05) is 10.8 Å². The van der Waals surface area contributed by atoms with Gasteiger partial charge in [0.2, 0.25) is 0 Å². The lowest BCUT2D eigenvalue weighted by molar-refractivity contribution is 0.463. The van der Waals surface area contributed by atoms with Crippen molar-refractivity contribution >= 4 is 36.7 Å². The average molecular weight is 302 g/mol. The van der Waals surface area contributed by atoms with E-state index in [-0.39, 0.29) is 16.5 Å². The van der Waals surface area contributed by atoms with Gasteiger partial charge in [-0.25, -0.2) is 8.42 Å². The van der Waals surface area contributed by atoms with E-state index in [0.717, 1.165) is 12.1 Å². The Labute approximate surface area is 109 Å². The highest BCUT2D eigenvalue weighted by Crippen LogP contribution is 2.32. The Balaban J connectivity index is 3.07. The van der Waals surface area contributed by atoms with E-state index < -0.39 is 30.0 Å². The van der Waals surface area contributed by atoms with Crippen LogP contribution in [0.25, 0.3) is 10.8 Å². The zero-order chi connectivity index (χ0) is 14.4. The van der Waals surface area contributed by atoms with E-state index in [0.29, 0.717) is 0 Å². The van der Waals surface area contributed by atoms with Gasteiger partial charge in [-0.05, 0) is 12.1 Å². The first-order chi connectivity index (χ1) is 8.62. The Hall–Kier alpha value is -1.68. The fraction of sp³-hybridized carbons (Fsp3) is 0. The largest absolute Gasteiger partial charge is 0.744 e. The molecular formula is C10H8NO6S2-. The second kappa shape index (κ2) is 4.17. The van der Waals surface area contributed by atoms with Crippen LogP contribution in [-0.2, 0) is 20.2 Å². The Morgan fingerprint density at radius 1 is 1.00 bits per heavy atom. The van der Waals surface area contributed by atoms with Gasteiger partial charge in [0.05, 0.1) is 10.6 Å². The van der Waals surface area contributed by atoms with E-state index >= 15 is 0 Å². The van der Waals surface area contributed by atoms with Gasteiger partial charge in [0.1, 0.15) is 15.0 Å². The first kappa shape index (κ1) is 13.7. The molecule has 0 saturated carbocycles. The van der Waals surface area contributed by atoms with Crippen molar-refractivity contribution in [2.75, 3.05) is 5.73 Å². The van der Waals surface area contributed by atoms with Gasteiger partial charge in [0.25, 0.3) is 10.1 Å². The number of fused-ring (bicyclic) bond motifs is 1. The van der Waals surface area contributed by atoms with E-state index in [2.05, 4.69) is 0 Å². The van der Waals surface area contributed by atoms with Crippen LogP contribution >= 0.6 is 0 Å². The van der Waals surface area contributed by atoms with Crippen molar-refractivity contribution in [1.29, 1.82) is 0 Å². The van der Waals surface area contributed by atoms with Crippen molar-refractivity contribution in [3.8, 4) is 0 Å². The average Bonchev–Trinajstić information content (AvgIpc) is 2.24. The Kier molecular flexibility index (Phi) is 3.01. The summed E-state index contributed by atoms with van der Waals surface area (Å²) in [5.41, 5.74) is 5.22. The van der Waals surface area contributed by atoms with Crippen LogP contribution in [0.4, 0.5) is 5.69 Å². The number of hydrogen-bond acceptors (Lipinski definition) is 6. The van der Waals surface area contributed by atoms with Crippen molar-refractivity contribution in [2.24, 2.45) is 0 Å². The van der Waals surface area contributed by atoms with Gasteiger partial charge >= 0.3 is 0 Å². The molecule has 0 amide bonds. The third-order valence-electron chi connectivity index (χ3n) is 2.53. The van der Waals surface area contributed by atoms with Crippen LogP contribution in [0.2, 0.25) is 0 Å². The second-order valence-corrected chi connectivity index (χ2v) is 6.47. The van der Waals surface area contributed by atoms with Crippen LogP contribution in [0.15, 0.2) is 40.1 Å². The van der Waals surface area contributed by atoms with Crippen LogP contribution < -0.4 is 5.73 Å². The molecule has 2 rings (SSSR count). The molecule has 0 spiro atoms.